The molecule has 0 bridgehead atoms. The summed E-state index contributed by atoms with van der Waals surface area (Å²) in [6.45, 7) is 4.47. The Morgan fingerprint density at radius 2 is 2.00 bits per heavy atom. The van der Waals surface area contributed by atoms with Crippen LogP contribution in [0.5, 0.6) is 0 Å². The van der Waals surface area contributed by atoms with Gasteiger partial charge in [0.05, 0.1) is 52.1 Å². The molecule has 5 rings (SSSR count). The Balaban J connectivity index is 1.41. The number of fused-ring (bicyclic) bond motifs is 1. The molecule has 10 heteroatoms. The van der Waals surface area contributed by atoms with Crippen molar-refractivity contribution in [2.45, 2.75) is 63.4 Å². The number of nitrogens with zero attached hydrogens (tertiary/aromatic N) is 5. The Bertz CT molecular complexity index is 1330. The van der Waals surface area contributed by atoms with Crippen molar-refractivity contribution >= 4 is 17.1 Å². The Morgan fingerprint density at radius 1 is 1.24 bits per heavy atom. The largest absolute Gasteiger partial charge is 0.387 e. The van der Waals surface area contributed by atoms with Gasteiger partial charge in [-0.2, -0.15) is 10.4 Å². The van der Waals surface area contributed by atoms with Crippen molar-refractivity contribution in [2.75, 3.05) is 25.0 Å². The summed E-state index contributed by atoms with van der Waals surface area (Å²) >= 11 is 0. The van der Waals surface area contributed by atoms with Crippen molar-refractivity contribution in [3.8, 4) is 17.5 Å². The molecule has 1 atom stereocenters. The van der Waals surface area contributed by atoms with E-state index < -0.39 is 17.7 Å². The number of halogens is 1. The van der Waals surface area contributed by atoms with E-state index in [1.54, 1.807) is 10.6 Å². The van der Waals surface area contributed by atoms with Crippen molar-refractivity contribution in [1.29, 1.82) is 5.26 Å². The van der Waals surface area contributed by atoms with Crippen LogP contribution in [0.25, 0.3) is 16.9 Å². The third-order valence-corrected chi connectivity index (χ3v) is 7.20. The highest BCUT2D eigenvalue weighted by Gasteiger charge is 2.32. The minimum Gasteiger partial charge on any atom is -0.387 e. The molecule has 0 aromatic carbocycles. The quantitative estimate of drug-likeness (QED) is 0.430. The second-order valence-corrected chi connectivity index (χ2v) is 10.5. The molecule has 2 aliphatic rings. The minimum atomic E-state index is -1.61. The monoisotopic (exact) mass is 505 g/mol. The number of carbonyl (C=O) groups excluding carboxylic acids is 1. The SMILES string of the molecule is CC(C)(O)[C@H](F)CNC(=O)c1cnc(-c2ccc3cc(C#N)cnn23)cc1NC1CCN(C2CC2)CC1. The highest BCUT2D eigenvalue weighted by atomic mass is 19.1. The molecule has 4 heterocycles. The zero-order chi connectivity index (χ0) is 26.2. The molecule has 0 unspecified atom stereocenters. The van der Waals surface area contributed by atoms with Crippen LogP contribution < -0.4 is 10.6 Å². The van der Waals surface area contributed by atoms with Crippen LogP contribution in [-0.2, 0) is 0 Å². The second-order valence-electron chi connectivity index (χ2n) is 10.5. The number of carbonyl (C=O) groups is 1. The maximum absolute atomic E-state index is 14.3. The number of alkyl halides is 1. The highest BCUT2D eigenvalue weighted by Crippen LogP contribution is 2.31. The van der Waals surface area contributed by atoms with Crippen LogP contribution in [0.2, 0.25) is 0 Å². The van der Waals surface area contributed by atoms with Crippen LogP contribution >= 0.6 is 0 Å². The lowest BCUT2D eigenvalue weighted by Gasteiger charge is -2.33. The van der Waals surface area contributed by atoms with E-state index in [4.69, 9.17) is 0 Å². The number of aromatic nitrogens is 3. The van der Waals surface area contributed by atoms with E-state index in [1.807, 2.05) is 18.2 Å². The standard InChI is InChI=1S/C27H32FN7O2/c1-27(2,37)25(28)16-31-26(36)21-15-30-23(24-6-5-20-11-17(13-29)14-32-35(20)24)12-22(21)33-18-7-9-34(10-8-18)19-3-4-19/h5-6,11-12,14-15,18-19,25,37H,3-4,7-10,16H2,1-2H3,(H,30,33)(H,31,36)/t25-/m1/s1. The van der Waals surface area contributed by atoms with Crippen LogP contribution in [-0.4, -0.2) is 74.0 Å². The topological polar surface area (TPSA) is 119 Å². The number of anilines is 1. The molecule has 9 nitrogen and oxygen atoms in total. The maximum Gasteiger partial charge on any atom is 0.255 e. The summed E-state index contributed by atoms with van der Waals surface area (Å²) in [5, 5.41) is 29.6. The highest BCUT2D eigenvalue weighted by molar-refractivity contribution is 6.00. The lowest BCUT2D eigenvalue weighted by molar-refractivity contribution is -0.00177. The van der Waals surface area contributed by atoms with Gasteiger partial charge in [-0.1, -0.05) is 0 Å². The maximum atomic E-state index is 14.3. The van der Waals surface area contributed by atoms with Crippen LogP contribution in [0.3, 0.4) is 0 Å². The third-order valence-electron chi connectivity index (χ3n) is 7.20. The van der Waals surface area contributed by atoms with Gasteiger partial charge in [0, 0.05) is 31.4 Å². The molecule has 1 saturated heterocycles. The first-order valence-corrected chi connectivity index (χ1v) is 12.8. The molecule has 1 aliphatic heterocycles. The van der Waals surface area contributed by atoms with E-state index in [-0.39, 0.29) is 12.6 Å². The average molecular weight is 506 g/mol. The van der Waals surface area contributed by atoms with Gasteiger partial charge in [-0.3, -0.25) is 9.78 Å². The summed E-state index contributed by atoms with van der Waals surface area (Å²) in [5.41, 5.74) is 1.96. The molecule has 3 aromatic rings. The molecule has 3 aromatic heterocycles. The van der Waals surface area contributed by atoms with Gasteiger partial charge >= 0.3 is 0 Å². The average Bonchev–Trinajstić information content (AvgIpc) is 3.65. The van der Waals surface area contributed by atoms with E-state index >= 15 is 0 Å². The van der Waals surface area contributed by atoms with E-state index in [9.17, 15) is 19.6 Å². The number of aliphatic hydroxyl groups is 1. The van der Waals surface area contributed by atoms with Gasteiger partial charge < -0.3 is 20.6 Å². The van der Waals surface area contributed by atoms with Crippen LogP contribution in [0.1, 0.15) is 55.5 Å². The number of nitrogens with one attached hydrogen (secondary N) is 2. The summed E-state index contributed by atoms with van der Waals surface area (Å²) in [7, 11) is 0. The number of amides is 1. The molecule has 0 radical (unpaired) electrons. The number of nitriles is 1. The molecule has 194 valence electrons. The van der Waals surface area contributed by atoms with Crippen LogP contribution in [0.15, 0.2) is 36.7 Å². The van der Waals surface area contributed by atoms with E-state index in [0.29, 0.717) is 22.5 Å². The predicted molar refractivity (Wildman–Crippen MR) is 138 cm³/mol. The predicted octanol–water partition coefficient (Wildman–Crippen LogP) is 3.15. The summed E-state index contributed by atoms with van der Waals surface area (Å²) in [6, 6.07) is 10.3. The van der Waals surface area contributed by atoms with Gasteiger partial charge in [-0.25, -0.2) is 8.91 Å². The second kappa shape index (κ2) is 10.1. The summed E-state index contributed by atoms with van der Waals surface area (Å²) in [4.78, 5) is 20.1. The van der Waals surface area contributed by atoms with Crippen molar-refractivity contribution in [3.63, 3.8) is 0 Å². The first-order valence-electron chi connectivity index (χ1n) is 12.8. The molecule has 1 aliphatic carbocycles. The summed E-state index contributed by atoms with van der Waals surface area (Å²) in [6.07, 6.45) is 5.88. The lowest BCUT2D eigenvalue weighted by atomic mass is 10.0. The molecule has 1 amide bonds. The van der Waals surface area contributed by atoms with Crippen molar-refractivity contribution in [2.24, 2.45) is 0 Å². The fraction of sp³-hybridized carbons (Fsp3) is 0.481. The number of hydrogen-bond acceptors (Lipinski definition) is 7. The van der Waals surface area contributed by atoms with Crippen LogP contribution in [0.4, 0.5) is 10.1 Å². The number of likely N-dealkylation sites (tertiary alicyclic amines) is 1. The zero-order valence-corrected chi connectivity index (χ0v) is 21.1. The van der Waals surface area contributed by atoms with Gasteiger partial charge in [-0.15, -0.1) is 0 Å². The zero-order valence-electron chi connectivity index (χ0n) is 21.1. The lowest BCUT2D eigenvalue weighted by Crippen LogP contribution is -2.42. The fourth-order valence-corrected chi connectivity index (χ4v) is 4.75. The Hall–Kier alpha value is -3.55. The molecule has 3 N–H and O–H groups in total. The smallest absolute Gasteiger partial charge is 0.255 e. The molecular weight excluding hydrogens is 473 g/mol. The Labute approximate surface area is 215 Å². The van der Waals surface area contributed by atoms with Crippen molar-refractivity contribution in [3.05, 3.63) is 47.8 Å². The third kappa shape index (κ3) is 5.58. The fourth-order valence-electron chi connectivity index (χ4n) is 4.75. The van der Waals surface area contributed by atoms with Gasteiger partial charge in [-0.05, 0) is 63.8 Å². The van der Waals surface area contributed by atoms with Crippen LogP contribution in [0, 0.1) is 11.3 Å². The van der Waals surface area contributed by atoms with Gasteiger partial charge in [0.2, 0.25) is 0 Å². The Morgan fingerprint density at radius 3 is 2.68 bits per heavy atom. The van der Waals surface area contributed by atoms with Gasteiger partial charge in [0.25, 0.3) is 5.91 Å². The van der Waals surface area contributed by atoms with Crippen molar-refractivity contribution < 1.29 is 14.3 Å². The molecule has 0 spiro atoms. The summed E-state index contributed by atoms with van der Waals surface area (Å²) < 4.78 is 16.0. The first-order chi connectivity index (χ1) is 17.7. The van der Waals surface area contributed by atoms with E-state index in [2.05, 4.69) is 31.7 Å². The normalized spacial score (nSPS) is 17.9. The summed E-state index contributed by atoms with van der Waals surface area (Å²) in [5.74, 6) is -0.458. The van der Waals surface area contributed by atoms with Gasteiger partial charge in [0.1, 0.15) is 12.2 Å². The van der Waals surface area contributed by atoms with E-state index in [0.717, 1.165) is 43.2 Å². The number of piperidine rings is 1. The number of hydrogen-bond donors (Lipinski definition) is 3. The number of pyridine rings is 1. The van der Waals surface area contributed by atoms with Crippen molar-refractivity contribution in [1.82, 2.24) is 24.8 Å². The molecule has 1 saturated carbocycles. The van der Waals surface area contributed by atoms with Gasteiger partial charge in [0.15, 0.2) is 0 Å². The number of rotatable bonds is 8. The van der Waals surface area contributed by atoms with E-state index in [1.165, 1.54) is 39.1 Å². The molecule has 2 fully saturated rings. The Kier molecular flexibility index (Phi) is 6.84. The first kappa shape index (κ1) is 25.1. The molecule has 37 heavy (non-hydrogen) atoms. The minimum absolute atomic E-state index is 0.197. The molecular formula is C27H32FN7O2.